The van der Waals surface area contributed by atoms with Gasteiger partial charge in [0.15, 0.2) is 5.69 Å². The zero-order valence-electron chi connectivity index (χ0n) is 6.77. The number of nitrogens with zero attached hydrogens (tertiary/aromatic N) is 2. The predicted molar refractivity (Wildman–Crippen MR) is 54.2 cm³/mol. The van der Waals surface area contributed by atoms with E-state index in [0.29, 0.717) is 10.0 Å². The minimum Gasteiger partial charge on any atom is -0.244 e. The molecule has 0 N–H and O–H groups in total. The first-order valence-corrected chi connectivity index (χ1v) is 5.44. The van der Waals surface area contributed by atoms with Gasteiger partial charge in [0.25, 0.3) is 6.43 Å². The summed E-state index contributed by atoms with van der Waals surface area (Å²) in [6.07, 6.45) is -1.55. The molecule has 0 saturated carbocycles. The first-order valence-electron chi connectivity index (χ1n) is 3.53. The first-order chi connectivity index (χ1) is 6.61. The van der Waals surface area contributed by atoms with Crippen molar-refractivity contribution in [2.75, 3.05) is 0 Å². The second-order valence-corrected chi connectivity index (χ2v) is 3.75. The molecule has 0 bridgehead atoms. The van der Waals surface area contributed by atoms with Gasteiger partial charge in [0, 0.05) is 17.1 Å². The minimum absolute atomic E-state index is 0.115. The zero-order valence-corrected chi connectivity index (χ0v) is 9.94. The summed E-state index contributed by atoms with van der Waals surface area (Å²) >= 11 is 6.16. The lowest BCUT2D eigenvalue weighted by Crippen LogP contribution is -1.98. The van der Waals surface area contributed by atoms with Crippen LogP contribution in [-0.4, -0.2) is 4.98 Å². The monoisotopic (exact) mass is 324 g/mol. The average Bonchev–Trinajstić information content (AvgIpc) is 2.17. The Kier molecular flexibility index (Phi) is 3.96. The molecule has 0 saturated heterocycles. The van der Waals surface area contributed by atoms with Crippen LogP contribution in [0.25, 0.3) is 0 Å². The van der Waals surface area contributed by atoms with Crippen LogP contribution < -0.4 is 0 Å². The summed E-state index contributed by atoms with van der Waals surface area (Å²) in [5.41, 5.74) is 0.322. The topological polar surface area (TPSA) is 36.7 Å². The van der Waals surface area contributed by atoms with Crippen LogP contribution >= 0.6 is 31.9 Å². The van der Waals surface area contributed by atoms with E-state index in [1.54, 1.807) is 0 Å². The van der Waals surface area contributed by atoms with Crippen LogP contribution in [0.5, 0.6) is 0 Å². The number of halogens is 4. The normalized spacial score (nSPS) is 10.3. The molecule has 1 aromatic rings. The maximum absolute atomic E-state index is 12.5. The molecule has 1 heterocycles. The van der Waals surface area contributed by atoms with Gasteiger partial charge in [0.1, 0.15) is 6.07 Å². The van der Waals surface area contributed by atoms with Crippen molar-refractivity contribution in [1.29, 1.82) is 5.26 Å². The van der Waals surface area contributed by atoms with Gasteiger partial charge in [-0.05, 0) is 21.5 Å². The Labute approximate surface area is 96.2 Å². The fraction of sp³-hybridized carbons (Fsp3) is 0.250. The van der Waals surface area contributed by atoms with E-state index in [4.69, 9.17) is 5.26 Å². The molecule has 0 aliphatic heterocycles. The molecule has 6 heteroatoms. The number of pyridine rings is 1. The molecular weight excluding hydrogens is 322 g/mol. The molecule has 1 aromatic heterocycles. The summed E-state index contributed by atoms with van der Waals surface area (Å²) in [7, 11) is 0. The highest BCUT2D eigenvalue weighted by Crippen LogP contribution is 2.31. The Bertz CT molecular complexity index is 388. The summed E-state index contributed by atoms with van der Waals surface area (Å²) in [5, 5.41) is 8.88. The lowest BCUT2D eigenvalue weighted by molar-refractivity contribution is 0.150. The summed E-state index contributed by atoms with van der Waals surface area (Å²) in [6, 6.07) is 1.81. The van der Waals surface area contributed by atoms with E-state index in [2.05, 4.69) is 36.8 Å². The van der Waals surface area contributed by atoms with Gasteiger partial charge in [-0.1, -0.05) is 15.9 Å². The zero-order chi connectivity index (χ0) is 10.7. The highest BCUT2D eigenvalue weighted by atomic mass is 79.9. The van der Waals surface area contributed by atoms with Crippen molar-refractivity contribution >= 4 is 31.9 Å². The van der Waals surface area contributed by atoms with E-state index in [0.717, 1.165) is 6.20 Å². The number of aromatic nitrogens is 1. The van der Waals surface area contributed by atoms with Crippen LogP contribution in [0, 0.1) is 11.3 Å². The van der Waals surface area contributed by atoms with Gasteiger partial charge in [-0.3, -0.25) is 0 Å². The molecule has 0 aliphatic carbocycles. The van der Waals surface area contributed by atoms with E-state index in [1.807, 2.05) is 6.07 Å². The third-order valence-corrected chi connectivity index (χ3v) is 3.04. The lowest BCUT2D eigenvalue weighted by atomic mass is 10.1. The smallest absolute Gasteiger partial charge is 0.244 e. The lowest BCUT2D eigenvalue weighted by Gasteiger charge is -2.08. The molecule has 0 aromatic carbocycles. The molecule has 0 radical (unpaired) electrons. The molecule has 74 valence electrons. The molecule has 0 unspecified atom stereocenters. The molecule has 0 atom stereocenters. The number of hydrogen-bond donors (Lipinski definition) is 0. The van der Waals surface area contributed by atoms with Gasteiger partial charge >= 0.3 is 0 Å². The maximum atomic E-state index is 12.5. The van der Waals surface area contributed by atoms with Crippen molar-refractivity contribution in [2.24, 2.45) is 0 Å². The van der Waals surface area contributed by atoms with Crippen molar-refractivity contribution in [3.63, 3.8) is 0 Å². The average molecular weight is 326 g/mol. The van der Waals surface area contributed by atoms with Crippen molar-refractivity contribution in [3.8, 4) is 6.07 Å². The SMILES string of the molecule is N#Cc1ncc(C(F)F)c(CBr)c1Br. The van der Waals surface area contributed by atoms with Crippen molar-refractivity contribution < 1.29 is 8.78 Å². The molecule has 0 aliphatic rings. The van der Waals surface area contributed by atoms with Gasteiger partial charge < -0.3 is 0 Å². The Balaban J connectivity index is 3.38. The van der Waals surface area contributed by atoms with E-state index in [-0.39, 0.29) is 16.6 Å². The number of nitriles is 1. The molecule has 0 fully saturated rings. The van der Waals surface area contributed by atoms with Gasteiger partial charge in [-0.25, -0.2) is 13.8 Å². The van der Waals surface area contributed by atoms with Gasteiger partial charge in [-0.2, -0.15) is 5.26 Å². The van der Waals surface area contributed by atoms with E-state index in [9.17, 15) is 8.78 Å². The number of hydrogen-bond acceptors (Lipinski definition) is 2. The molecule has 1 rings (SSSR count). The predicted octanol–water partition coefficient (Wildman–Crippen LogP) is 3.55. The molecular formula is C8H4Br2F2N2. The number of alkyl halides is 3. The van der Waals surface area contributed by atoms with Crippen LogP contribution in [0.2, 0.25) is 0 Å². The van der Waals surface area contributed by atoms with Gasteiger partial charge in [0.05, 0.1) is 4.47 Å². The van der Waals surface area contributed by atoms with Gasteiger partial charge in [0.2, 0.25) is 0 Å². The minimum atomic E-state index is -2.58. The maximum Gasteiger partial charge on any atom is 0.265 e. The molecule has 14 heavy (non-hydrogen) atoms. The molecule has 2 nitrogen and oxygen atoms in total. The second kappa shape index (κ2) is 4.80. The molecule has 0 spiro atoms. The quantitative estimate of drug-likeness (QED) is 0.780. The Morgan fingerprint density at radius 3 is 2.64 bits per heavy atom. The van der Waals surface area contributed by atoms with E-state index in [1.165, 1.54) is 0 Å². The van der Waals surface area contributed by atoms with Crippen molar-refractivity contribution in [3.05, 3.63) is 27.5 Å². The van der Waals surface area contributed by atoms with Crippen LogP contribution in [0.4, 0.5) is 8.78 Å². The van der Waals surface area contributed by atoms with E-state index < -0.39 is 6.43 Å². The largest absolute Gasteiger partial charge is 0.265 e. The standard InChI is InChI=1S/C8H4Br2F2N2/c9-1-4-5(8(11)12)3-14-6(2-13)7(4)10/h3,8H,1H2. The first kappa shape index (κ1) is 11.5. The van der Waals surface area contributed by atoms with Crippen LogP contribution in [0.3, 0.4) is 0 Å². The van der Waals surface area contributed by atoms with Crippen molar-refractivity contribution in [1.82, 2.24) is 4.98 Å². The fourth-order valence-corrected chi connectivity index (χ4v) is 2.48. The summed E-state index contributed by atoms with van der Waals surface area (Å²) < 4.78 is 25.3. The highest BCUT2D eigenvalue weighted by molar-refractivity contribution is 9.10. The summed E-state index contributed by atoms with van der Waals surface area (Å²) in [6.45, 7) is 0. The van der Waals surface area contributed by atoms with Crippen LogP contribution in [0.1, 0.15) is 23.2 Å². The third kappa shape index (κ3) is 2.10. The van der Waals surface area contributed by atoms with Gasteiger partial charge in [-0.15, -0.1) is 0 Å². The Morgan fingerprint density at radius 1 is 1.57 bits per heavy atom. The number of rotatable bonds is 2. The molecule has 0 amide bonds. The van der Waals surface area contributed by atoms with E-state index >= 15 is 0 Å². The summed E-state index contributed by atoms with van der Waals surface area (Å²) in [5.74, 6) is 0. The third-order valence-electron chi connectivity index (χ3n) is 1.63. The van der Waals surface area contributed by atoms with Crippen molar-refractivity contribution in [2.45, 2.75) is 11.8 Å². The van der Waals surface area contributed by atoms with Crippen LogP contribution in [-0.2, 0) is 5.33 Å². The Hall–Kier alpha value is -0.540. The second-order valence-electron chi connectivity index (χ2n) is 2.40. The summed E-state index contributed by atoms with van der Waals surface area (Å²) in [4.78, 5) is 3.62. The highest BCUT2D eigenvalue weighted by Gasteiger charge is 2.17. The van der Waals surface area contributed by atoms with Crippen LogP contribution in [0.15, 0.2) is 10.7 Å². The Morgan fingerprint density at radius 2 is 2.21 bits per heavy atom. The fourth-order valence-electron chi connectivity index (χ4n) is 0.940.